The third kappa shape index (κ3) is 15.8. The maximum atomic E-state index is 11.3. The molecule has 6 nitrogen and oxygen atoms in total. The van der Waals surface area contributed by atoms with Crippen LogP contribution in [0.5, 0.6) is 0 Å². The van der Waals surface area contributed by atoms with Gasteiger partial charge in [-0.3, -0.25) is 0 Å². The molecule has 0 aromatic rings. The third-order valence-electron chi connectivity index (χ3n) is 6.86. The lowest BCUT2D eigenvalue weighted by molar-refractivity contribution is 0.0537. The summed E-state index contributed by atoms with van der Waals surface area (Å²) in [7, 11) is -4.55. The molecule has 0 bridgehead atoms. The fourth-order valence-corrected chi connectivity index (χ4v) is 6.52. The Balaban J connectivity index is 2.23. The average Bonchev–Trinajstić information content (AvgIpc) is 2.82. The standard InChI is InChI=1S/C26H51O6PS/c1-3-4-5-6-13-19-25(23(2)31-20-15-21-32-33(29,30)26(27)28)34-22-14-8-7-10-16-24-17-11-9-12-18-24/h23-25H,3-22H2,1-2H3,(H,27,28)(H,29,30)/t23-,25+/m0/s1. The number of unbranched alkanes of at least 4 members (excludes halogenated alkanes) is 7. The fraction of sp³-hybridized carbons (Fsp3) is 0.962. The zero-order valence-corrected chi connectivity index (χ0v) is 23.5. The van der Waals surface area contributed by atoms with Crippen molar-refractivity contribution in [3.8, 4) is 0 Å². The highest BCUT2D eigenvalue weighted by Gasteiger charge is 2.29. The van der Waals surface area contributed by atoms with Crippen LogP contribution in [0.25, 0.3) is 0 Å². The summed E-state index contributed by atoms with van der Waals surface area (Å²) in [5.41, 5.74) is -1.81. The topological polar surface area (TPSA) is 93.1 Å². The first kappa shape index (κ1) is 32.0. The lowest BCUT2D eigenvalue weighted by Gasteiger charge is -2.24. The van der Waals surface area contributed by atoms with E-state index in [9.17, 15) is 14.3 Å². The van der Waals surface area contributed by atoms with Gasteiger partial charge in [0.15, 0.2) is 0 Å². The third-order valence-corrected chi connectivity index (χ3v) is 9.44. The summed E-state index contributed by atoms with van der Waals surface area (Å²) in [5, 5.41) is 9.08. The van der Waals surface area contributed by atoms with Gasteiger partial charge in [0, 0.05) is 11.9 Å². The van der Waals surface area contributed by atoms with Gasteiger partial charge in [-0.25, -0.2) is 9.36 Å². The molecule has 1 fully saturated rings. The molecule has 1 rings (SSSR count). The van der Waals surface area contributed by atoms with Gasteiger partial charge >= 0.3 is 13.3 Å². The van der Waals surface area contributed by atoms with Crippen LogP contribution in [0.2, 0.25) is 0 Å². The van der Waals surface area contributed by atoms with Crippen LogP contribution in [0.4, 0.5) is 4.79 Å². The van der Waals surface area contributed by atoms with Gasteiger partial charge in [-0.2, -0.15) is 11.8 Å². The predicted molar refractivity (Wildman–Crippen MR) is 143 cm³/mol. The van der Waals surface area contributed by atoms with E-state index in [1.54, 1.807) is 0 Å². The maximum absolute atomic E-state index is 11.3. The number of thioether (sulfide) groups is 1. The Hall–Kier alpha value is -0.0700. The Bertz CT molecular complexity index is 555. The second kappa shape index (κ2) is 20.0. The Kier molecular flexibility index (Phi) is 18.8. The summed E-state index contributed by atoms with van der Waals surface area (Å²) in [6.45, 7) is 4.65. The first-order valence-corrected chi connectivity index (χ1v) is 16.4. The lowest BCUT2D eigenvalue weighted by atomic mass is 9.85. The molecule has 0 aromatic heterocycles. The molecule has 0 spiro atoms. The highest BCUT2D eigenvalue weighted by Crippen LogP contribution is 2.42. The first-order valence-electron chi connectivity index (χ1n) is 13.8. The van der Waals surface area contributed by atoms with E-state index in [1.165, 1.54) is 102 Å². The van der Waals surface area contributed by atoms with Gasteiger partial charge in [0.05, 0.1) is 12.7 Å². The molecular weight excluding hydrogens is 471 g/mol. The van der Waals surface area contributed by atoms with Crippen molar-refractivity contribution in [1.82, 2.24) is 0 Å². The van der Waals surface area contributed by atoms with E-state index in [0.717, 1.165) is 12.3 Å². The van der Waals surface area contributed by atoms with E-state index in [1.807, 2.05) is 11.8 Å². The molecule has 1 aliphatic rings. The van der Waals surface area contributed by atoms with Gasteiger partial charge < -0.3 is 19.3 Å². The summed E-state index contributed by atoms with van der Waals surface area (Å²) >= 11 is 2.03. The summed E-state index contributed by atoms with van der Waals surface area (Å²) in [5.74, 6) is 2.17. The maximum Gasteiger partial charge on any atom is 0.435 e. The minimum absolute atomic E-state index is 0.0948. The summed E-state index contributed by atoms with van der Waals surface area (Å²) in [6, 6.07) is 0. The van der Waals surface area contributed by atoms with E-state index in [2.05, 4.69) is 18.4 Å². The summed E-state index contributed by atoms with van der Waals surface area (Å²) in [6.07, 6.45) is 22.0. The van der Waals surface area contributed by atoms with Crippen molar-refractivity contribution in [2.24, 2.45) is 5.92 Å². The molecule has 1 aliphatic carbocycles. The van der Waals surface area contributed by atoms with E-state index in [-0.39, 0.29) is 12.7 Å². The largest absolute Gasteiger partial charge is 0.472 e. The second-order valence-corrected chi connectivity index (χ2v) is 12.9. The average molecular weight is 523 g/mol. The van der Waals surface area contributed by atoms with Crippen LogP contribution < -0.4 is 0 Å². The molecule has 0 aliphatic heterocycles. The second-order valence-electron chi connectivity index (χ2n) is 9.88. The van der Waals surface area contributed by atoms with Crippen LogP contribution >= 0.6 is 19.4 Å². The van der Waals surface area contributed by atoms with Crippen LogP contribution in [0.1, 0.15) is 123 Å². The Morgan fingerprint density at radius 2 is 1.65 bits per heavy atom. The molecule has 1 saturated carbocycles. The number of carboxylic acid groups (broad SMARTS) is 1. The van der Waals surface area contributed by atoms with Crippen molar-refractivity contribution in [3.63, 3.8) is 0 Å². The number of rotatable bonds is 22. The van der Waals surface area contributed by atoms with E-state index >= 15 is 0 Å². The molecule has 1 unspecified atom stereocenters. The summed E-state index contributed by atoms with van der Waals surface area (Å²) < 4.78 is 21.9. The van der Waals surface area contributed by atoms with E-state index in [4.69, 9.17) is 9.84 Å². The van der Waals surface area contributed by atoms with Crippen molar-refractivity contribution in [2.75, 3.05) is 19.0 Å². The minimum Gasteiger partial charge on any atom is -0.472 e. The van der Waals surface area contributed by atoms with Gasteiger partial charge in [-0.15, -0.1) is 0 Å². The smallest absolute Gasteiger partial charge is 0.435 e. The lowest BCUT2D eigenvalue weighted by Crippen LogP contribution is -2.25. The van der Waals surface area contributed by atoms with Gasteiger partial charge in [0.25, 0.3) is 0 Å². The van der Waals surface area contributed by atoms with Crippen molar-refractivity contribution in [1.29, 1.82) is 0 Å². The quantitative estimate of drug-likeness (QED) is 0.108. The molecule has 2 N–H and O–H groups in total. The minimum atomic E-state index is -4.55. The van der Waals surface area contributed by atoms with Gasteiger partial charge in [-0.05, 0) is 37.9 Å². The van der Waals surface area contributed by atoms with E-state index < -0.39 is 13.3 Å². The molecule has 34 heavy (non-hydrogen) atoms. The molecule has 0 aromatic carbocycles. The normalized spacial score (nSPS) is 18.4. The number of ether oxygens (including phenoxy) is 1. The van der Waals surface area contributed by atoms with Crippen molar-refractivity contribution < 1.29 is 28.6 Å². The van der Waals surface area contributed by atoms with Crippen molar-refractivity contribution >= 4 is 25.1 Å². The highest BCUT2D eigenvalue weighted by atomic mass is 32.2. The van der Waals surface area contributed by atoms with Crippen LogP contribution in [-0.2, 0) is 13.8 Å². The first-order chi connectivity index (χ1) is 16.4. The Morgan fingerprint density at radius 1 is 0.971 bits per heavy atom. The predicted octanol–water partition coefficient (Wildman–Crippen LogP) is 8.65. The Morgan fingerprint density at radius 3 is 2.35 bits per heavy atom. The van der Waals surface area contributed by atoms with E-state index in [0.29, 0.717) is 18.3 Å². The molecule has 0 saturated heterocycles. The zero-order valence-electron chi connectivity index (χ0n) is 21.8. The number of hydrogen-bond acceptors (Lipinski definition) is 5. The highest BCUT2D eigenvalue weighted by molar-refractivity contribution is 7.99. The number of hydrogen-bond donors (Lipinski definition) is 2. The fourth-order valence-electron chi connectivity index (χ4n) is 4.68. The van der Waals surface area contributed by atoms with Crippen molar-refractivity contribution in [3.05, 3.63) is 0 Å². The van der Waals surface area contributed by atoms with Gasteiger partial charge in [0.2, 0.25) is 0 Å². The molecule has 8 heteroatoms. The molecule has 202 valence electrons. The molecule has 0 radical (unpaired) electrons. The monoisotopic (exact) mass is 522 g/mol. The zero-order chi connectivity index (χ0) is 25.1. The molecule has 3 atom stereocenters. The van der Waals surface area contributed by atoms with Crippen LogP contribution in [0.3, 0.4) is 0 Å². The summed E-state index contributed by atoms with van der Waals surface area (Å²) in [4.78, 5) is 19.8. The number of carbonyl (C=O) groups is 1. The van der Waals surface area contributed by atoms with Crippen LogP contribution in [-0.4, -0.2) is 46.0 Å². The Labute approximate surface area is 212 Å². The molecule has 0 amide bonds. The SMILES string of the molecule is CCCCCCC[C@@H](SCCCCCCC1CCCCC1)[C@H](C)OCCCOP(=O)(O)C(=O)O. The van der Waals surface area contributed by atoms with Gasteiger partial charge in [-0.1, -0.05) is 96.8 Å². The van der Waals surface area contributed by atoms with Crippen LogP contribution in [0.15, 0.2) is 0 Å². The van der Waals surface area contributed by atoms with Crippen LogP contribution in [0, 0.1) is 5.92 Å². The van der Waals surface area contributed by atoms with Crippen molar-refractivity contribution in [2.45, 2.75) is 134 Å². The molecule has 0 heterocycles. The molecular formula is C26H51O6PS. The van der Waals surface area contributed by atoms with Gasteiger partial charge in [0.1, 0.15) is 0 Å².